The predicted octanol–water partition coefficient (Wildman–Crippen LogP) is 3.40. The Morgan fingerprint density at radius 3 is 2.65 bits per heavy atom. The third-order valence-electron chi connectivity index (χ3n) is 2.66. The molecular formula is C13H17ClN2O. The fourth-order valence-electron chi connectivity index (χ4n) is 2.00. The van der Waals surface area contributed by atoms with E-state index in [1.165, 1.54) is 0 Å². The molecule has 0 aliphatic carbocycles. The van der Waals surface area contributed by atoms with Crippen molar-refractivity contribution in [2.75, 3.05) is 0 Å². The zero-order valence-electron chi connectivity index (χ0n) is 10.3. The van der Waals surface area contributed by atoms with Crippen LogP contribution in [0.15, 0.2) is 18.2 Å². The number of fused-ring (bicyclic) bond motifs is 1. The number of aliphatic hydroxyl groups excluding tert-OH is 1. The molecule has 1 heterocycles. The lowest BCUT2D eigenvalue weighted by Crippen LogP contribution is -2.10. The van der Waals surface area contributed by atoms with Crippen molar-refractivity contribution >= 4 is 22.6 Å². The molecule has 0 aliphatic rings. The van der Waals surface area contributed by atoms with E-state index in [-0.39, 0.29) is 0 Å². The van der Waals surface area contributed by atoms with Gasteiger partial charge in [0.05, 0.1) is 11.0 Å². The second-order valence-electron chi connectivity index (χ2n) is 4.78. The van der Waals surface area contributed by atoms with Crippen molar-refractivity contribution in [2.24, 2.45) is 5.92 Å². The smallest absolute Gasteiger partial charge is 0.138 e. The lowest BCUT2D eigenvalue weighted by Gasteiger charge is -2.13. The van der Waals surface area contributed by atoms with E-state index in [9.17, 15) is 5.11 Å². The molecule has 0 radical (unpaired) electrons. The molecule has 0 amide bonds. The van der Waals surface area contributed by atoms with E-state index >= 15 is 0 Å². The fourth-order valence-corrected chi connectivity index (χ4v) is 2.16. The first-order chi connectivity index (χ1) is 7.99. The summed E-state index contributed by atoms with van der Waals surface area (Å²) in [5.41, 5.74) is 1.87. The van der Waals surface area contributed by atoms with Gasteiger partial charge in [0.15, 0.2) is 0 Å². The number of rotatable bonds is 3. The molecule has 0 saturated heterocycles. The summed E-state index contributed by atoms with van der Waals surface area (Å²) in [6, 6.07) is 5.65. The number of aromatic nitrogens is 2. The van der Waals surface area contributed by atoms with Gasteiger partial charge >= 0.3 is 0 Å². The number of hydrogen-bond acceptors (Lipinski definition) is 2. The third-order valence-corrected chi connectivity index (χ3v) is 2.90. The van der Waals surface area contributed by atoms with Crippen LogP contribution in [0, 0.1) is 5.92 Å². The number of hydrogen-bond donors (Lipinski definition) is 1. The van der Waals surface area contributed by atoms with Crippen LogP contribution < -0.4 is 0 Å². The van der Waals surface area contributed by atoms with Crippen molar-refractivity contribution in [3.63, 3.8) is 0 Å². The summed E-state index contributed by atoms with van der Waals surface area (Å²) in [4.78, 5) is 4.45. The van der Waals surface area contributed by atoms with Crippen molar-refractivity contribution in [1.29, 1.82) is 0 Å². The first-order valence-corrected chi connectivity index (χ1v) is 6.20. The maximum Gasteiger partial charge on any atom is 0.138 e. The Bertz CT molecular complexity index is 531. The van der Waals surface area contributed by atoms with E-state index in [0.29, 0.717) is 16.8 Å². The van der Waals surface area contributed by atoms with Gasteiger partial charge in [-0.15, -0.1) is 0 Å². The van der Waals surface area contributed by atoms with E-state index in [2.05, 4.69) is 23.4 Å². The Morgan fingerprint density at radius 2 is 2.06 bits per heavy atom. The molecule has 1 N–H and O–H groups in total. The monoisotopic (exact) mass is 252 g/mol. The van der Waals surface area contributed by atoms with Gasteiger partial charge in [-0.3, -0.25) is 0 Å². The van der Waals surface area contributed by atoms with E-state index < -0.39 is 6.10 Å². The first-order valence-electron chi connectivity index (χ1n) is 5.82. The Morgan fingerprint density at radius 1 is 1.35 bits per heavy atom. The van der Waals surface area contributed by atoms with Crippen molar-refractivity contribution in [3.8, 4) is 0 Å². The number of nitrogens with zero attached hydrogens (tertiary/aromatic N) is 2. The maximum absolute atomic E-state index is 9.77. The Labute approximate surface area is 106 Å². The van der Waals surface area contributed by atoms with Crippen LogP contribution in [0.5, 0.6) is 0 Å². The number of imidazole rings is 1. The number of benzene rings is 1. The van der Waals surface area contributed by atoms with Gasteiger partial charge < -0.3 is 9.67 Å². The van der Waals surface area contributed by atoms with Gasteiger partial charge in [-0.2, -0.15) is 0 Å². The van der Waals surface area contributed by atoms with Gasteiger partial charge in [0.25, 0.3) is 0 Å². The number of halogens is 1. The molecule has 4 heteroatoms. The zero-order chi connectivity index (χ0) is 12.6. The molecule has 1 aromatic heterocycles. The molecule has 17 heavy (non-hydrogen) atoms. The Hall–Kier alpha value is -1.06. The average Bonchev–Trinajstić information content (AvgIpc) is 2.55. The molecule has 0 aliphatic heterocycles. The summed E-state index contributed by atoms with van der Waals surface area (Å²) in [5, 5.41) is 10.4. The lowest BCUT2D eigenvalue weighted by molar-refractivity contribution is 0.183. The maximum atomic E-state index is 9.77. The first kappa shape index (κ1) is 12.4. The van der Waals surface area contributed by atoms with Gasteiger partial charge in [-0.25, -0.2) is 4.98 Å². The van der Waals surface area contributed by atoms with Gasteiger partial charge in [0.2, 0.25) is 0 Å². The molecule has 0 unspecified atom stereocenters. The van der Waals surface area contributed by atoms with Crippen LogP contribution in [-0.4, -0.2) is 14.7 Å². The molecule has 0 saturated carbocycles. The molecule has 2 aromatic rings. The minimum absolute atomic E-state index is 0.501. The van der Waals surface area contributed by atoms with Gasteiger partial charge in [0.1, 0.15) is 11.9 Å². The second kappa shape index (κ2) is 4.67. The highest BCUT2D eigenvalue weighted by atomic mass is 35.5. The van der Waals surface area contributed by atoms with Crippen LogP contribution in [-0.2, 0) is 6.54 Å². The largest absolute Gasteiger partial charge is 0.385 e. The quantitative estimate of drug-likeness (QED) is 0.909. The minimum atomic E-state index is -0.570. The summed E-state index contributed by atoms with van der Waals surface area (Å²) in [5.74, 6) is 1.21. The van der Waals surface area contributed by atoms with E-state index in [1.54, 1.807) is 6.92 Å². The molecule has 1 aromatic carbocycles. The minimum Gasteiger partial charge on any atom is -0.385 e. The van der Waals surface area contributed by atoms with E-state index in [4.69, 9.17) is 11.6 Å². The van der Waals surface area contributed by atoms with Crippen molar-refractivity contribution < 1.29 is 5.11 Å². The molecule has 2 rings (SSSR count). The van der Waals surface area contributed by atoms with Gasteiger partial charge in [0, 0.05) is 11.6 Å². The predicted molar refractivity (Wildman–Crippen MR) is 70.2 cm³/mol. The standard InChI is InChI=1S/C13H17ClN2O/c1-8(2)7-16-12-5-4-10(14)6-11(12)15-13(16)9(3)17/h4-6,8-9,17H,7H2,1-3H3/t9-/m1/s1. The third kappa shape index (κ3) is 2.45. The van der Waals surface area contributed by atoms with Gasteiger partial charge in [-0.1, -0.05) is 25.4 Å². The highest BCUT2D eigenvalue weighted by Gasteiger charge is 2.15. The summed E-state index contributed by atoms with van der Waals surface area (Å²) in [7, 11) is 0. The summed E-state index contributed by atoms with van der Waals surface area (Å²) in [6.45, 7) is 6.87. The SMILES string of the molecule is CC(C)Cn1c([C@@H](C)O)nc2cc(Cl)ccc21. The fraction of sp³-hybridized carbons (Fsp3) is 0.462. The van der Waals surface area contributed by atoms with Crippen LogP contribution >= 0.6 is 11.6 Å². The van der Waals surface area contributed by atoms with Crippen molar-refractivity contribution in [1.82, 2.24) is 9.55 Å². The van der Waals surface area contributed by atoms with E-state index in [0.717, 1.165) is 17.6 Å². The molecule has 92 valence electrons. The molecule has 0 spiro atoms. The Kier molecular flexibility index (Phi) is 3.40. The normalized spacial score (nSPS) is 13.5. The van der Waals surface area contributed by atoms with Crippen LogP contribution in [0.25, 0.3) is 11.0 Å². The van der Waals surface area contributed by atoms with Crippen molar-refractivity contribution in [3.05, 3.63) is 29.0 Å². The van der Waals surface area contributed by atoms with Crippen LogP contribution in [0.4, 0.5) is 0 Å². The molecular weight excluding hydrogens is 236 g/mol. The molecule has 3 nitrogen and oxygen atoms in total. The van der Waals surface area contributed by atoms with E-state index in [1.807, 2.05) is 18.2 Å². The topological polar surface area (TPSA) is 38.0 Å². The Balaban J connectivity index is 2.62. The number of aliphatic hydroxyl groups is 1. The molecule has 0 bridgehead atoms. The van der Waals surface area contributed by atoms with Gasteiger partial charge in [-0.05, 0) is 31.0 Å². The van der Waals surface area contributed by atoms with Crippen molar-refractivity contribution in [2.45, 2.75) is 33.4 Å². The summed E-state index contributed by atoms with van der Waals surface area (Å²) >= 11 is 5.95. The van der Waals surface area contributed by atoms with Crippen LogP contribution in [0.3, 0.4) is 0 Å². The van der Waals surface area contributed by atoms with Crippen LogP contribution in [0.1, 0.15) is 32.7 Å². The average molecular weight is 253 g/mol. The zero-order valence-corrected chi connectivity index (χ0v) is 11.1. The summed E-state index contributed by atoms with van der Waals surface area (Å²) < 4.78 is 2.07. The molecule has 1 atom stereocenters. The summed E-state index contributed by atoms with van der Waals surface area (Å²) in [6.07, 6.45) is -0.570. The second-order valence-corrected chi connectivity index (χ2v) is 5.22. The lowest BCUT2D eigenvalue weighted by atomic mass is 10.2. The van der Waals surface area contributed by atoms with Crippen LogP contribution in [0.2, 0.25) is 5.02 Å². The highest BCUT2D eigenvalue weighted by molar-refractivity contribution is 6.31. The molecule has 0 fully saturated rings. The highest BCUT2D eigenvalue weighted by Crippen LogP contribution is 2.24.